The molecule has 1 aromatic rings. The third kappa shape index (κ3) is 6.14. The summed E-state index contributed by atoms with van der Waals surface area (Å²) in [7, 11) is 0. The van der Waals surface area contributed by atoms with E-state index in [0.717, 1.165) is 0 Å². The van der Waals surface area contributed by atoms with Crippen LogP contribution in [0, 0.1) is 18.7 Å². The summed E-state index contributed by atoms with van der Waals surface area (Å²) in [5, 5.41) is 0. The molecule has 25 heavy (non-hydrogen) atoms. The largest absolute Gasteiger partial charge is 0.489 e. The molecule has 0 aliphatic carbocycles. The van der Waals surface area contributed by atoms with Crippen molar-refractivity contribution in [3.05, 3.63) is 89.8 Å². The van der Waals surface area contributed by atoms with Gasteiger partial charge in [-0.05, 0) is 42.2 Å². The van der Waals surface area contributed by atoms with Crippen molar-refractivity contribution in [2.24, 2.45) is 5.92 Å². The molecule has 0 N–H and O–H groups in total. The van der Waals surface area contributed by atoms with Crippen molar-refractivity contribution in [2.75, 3.05) is 6.61 Å². The van der Waals surface area contributed by atoms with Crippen LogP contribution in [0.1, 0.15) is 19.4 Å². The molecule has 0 radical (unpaired) electrons. The summed E-state index contributed by atoms with van der Waals surface area (Å²) in [6.45, 7) is 15.6. The molecule has 0 aliphatic rings. The SMILES string of the molecule is C=C(/C=C\C(=C)C(C)/C(F)=C(/F)C(=C)C)COc1ccc(C)c(F)c1. The van der Waals surface area contributed by atoms with Gasteiger partial charge in [-0.25, -0.2) is 13.2 Å². The van der Waals surface area contributed by atoms with Crippen LogP contribution in [0.5, 0.6) is 5.75 Å². The molecule has 0 amide bonds. The van der Waals surface area contributed by atoms with Crippen molar-refractivity contribution in [1.82, 2.24) is 0 Å². The molecule has 1 unspecified atom stereocenters. The minimum atomic E-state index is -0.953. The monoisotopic (exact) mass is 348 g/mol. The molecule has 0 saturated carbocycles. The molecule has 0 spiro atoms. The predicted molar refractivity (Wildman–Crippen MR) is 97.3 cm³/mol. The second-order valence-electron chi connectivity index (χ2n) is 5.93. The molecular weight excluding hydrogens is 325 g/mol. The van der Waals surface area contributed by atoms with E-state index in [1.165, 1.54) is 19.9 Å². The van der Waals surface area contributed by atoms with E-state index in [4.69, 9.17) is 4.74 Å². The number of hydrogen-bond donors (Lipinski definition) is 0. The van der Waals surface area contributed by atoms with Crippen molar-refractivity contribution in [3.8, 4) is 5.75 Å². The Kier molecular flexibility index (Phi) is 7.49. The zero-order chi connectivity index (χ0) is 19.1. The molecule has 1 rings (SSSR count). The van der Waals surface area contributed by atoms with Crippen LogP contribution in [0.25, 0.3) is 0 Å². The molecule has 0 fully saturated rings. The topological polar surface area (TPSA) is 9.23 Å². The summed E-state index contributed by atoms with van der Waals surface area (Å²) in [6.07, 6.45) is 3.16. The second-order valence-corrected chi connectivity index (χ2v) is 5.93. The van der Waals surface area contributed by atoms with E-state index >= 15 is 0 Å². The number of allylic oxidation sites excluding steroid dienone is 5. The maximum atomic E-state index is 13.9. The summed E-state index contributed by atoms with van der Waals surface area (Å²) < 4.78 is 46.4. The van der Waals surface area contributed by atoms with Crippen LogP contribution in [-0.4, -0.2) is 6.61 Å². The second kappa shape index (κ2) is 9.11. The molecule has 0 aliphatic heterocycles. The fourth-order valence-corrected chi connectivity index (χ4v) is 1.81. The lowest BCUT2D eigenvalue weighted by atomic mass is 9.98. The standard InChI is InChI=1S/C21H23F3O/c1-13(2)20(23)21(24)17(6)15(4)8-7-14(3)12-25-18-10-9-16(5)19(22)11-18/h7-11,17H,1,3-4,12H2,2,5-6H3/b8-7-,21-20-. The summed E-state index contributed by atoms with van der Waals surface area (Å²) in [5.41, 5.74) is 1.54. The first-order valence-electron chi connectivity index (χ1n) is 7.78. The zero-order valence-electron chi connectivity index (χ0n) is 14.8. The molecule has 0 aromatic heterocycles. The van der Waals surface area contributed by atoms with Gasteiger partial charge in [0.1, 0.15) is 24.0 Å². The van der Waals surface area contributed by atoms with E-state index in [0.29, 0.717) is 22.5 Å². The summed E-state index contributed by atoms with van der Waals surface area (Å²) >= 11 is 0. The molecule has 0 saturated heterocycles. The highest BCUT2D eigenvalue weighted by atomic mass is 19.2. The van der Waals surface area contributed by atoms with Gasteiger partial charge in [-0.2, -0.15) is 0 Å². The normalized spacial score (nSPS) is 13.4. The Morgan fingerprint density at radius 3 is 2.40 bits per heavy atom. The lowest BCUT2D eigenvalue weighted by Gasteiger charge is -2.11. The number of hydrogen-bond acceptors (Lipinski definition) is 1. The van der Waals surface area contributed by atoms with Crippen molar-refractivity contribution in [3.63, 3.8) is 0 Å². The lowest BCUT2D eigenvalue weighted by Crippen LogP contribution is -2.01. The van der Waals surface area contributed by atoms with E-state index in [1.54, 1.807) is 31.2 Å². The smallest absolute Gasteiger partial charge is 0.157 e. The molecule has 134 valence electrons. The third-order valence-corrected chi connectivity index (χ3v) is 3.62. The summed E-state index contributed by atoms with van der Waals surface area (Å²) in [6, 6.07) is 4.59. The van der Waals surface area contributed by atoms with Gasteiger partial charge in [-0.3, -0.25) is 0 Å². The van der Waals surface area contributed by atoms with E-state index in [9.17, 15) is 13.2 Å². The molecule has 0 bridgehead atoms. The van der Waals surface area contributed by atoms with Gasteiger partial charge in [-0.1, -0.05) is 44.9 Å². The average Bonchev–Trinajstić information content (AvgIpc) is 2.58. The first kappa shape index (κ1) is 20.6. The van der Waals surface area contributed by atoms with Crippen molar-refractivity contribution < 1.29 is 17.9 Å². The number of halogens is 3. The highest BCUT2D eigenvalue weighted by Crippen LogP contribution is 2.27. The van der Waals surface area contributed by atoms with E-state index in [-0.39, 0.29) is 18.0 Å². The average molecular weight is 348 g/mol. The molecule has 1 aromatic carbocycles. The number of ether oxygens (including phenoxy) is 1. The lowest BCUT2D eigenvalue weighted by molar-refractivity contribution is 0.353. The van der Waals surface area contributed by atoms with Crippen LogP contribution in [0.2, 0.25) is 0 Å². The maximum Gasteiger partial charge on any atom is 0.157 e. The van der Waals surface area contributed by atoms with Gasteiger partial charge in [0.25, 0.3) is 0 Å². The van der Waals surface area contributed by atoms with Crippen LogP contribution >= 0.6 is 0 Å². The van der Waals surface area contributed by atoms with Crippen molar-refractivity contribution >= 4 is 0 Å². The molecule has 4 heteroatoms. The summed E-state index contributed by atoms with van der Waals surface area (Å²) in [5.74, 6) is -2.62. The van der Waals surface area contributed by atoms with Crippen LogP contribution in [-0.2, 0) is 0 Å². The van der Waals surface area contributed by atoms with Gasteiger partial charge >= 0.3 is 0 Å². The number of rotatable bonds is 8. The zero-order valence-corrected chi connectivity index (χ0v) is 14.8. The Balaban J connectivity index is 2.63. The van der Waals surface area contributed by atoms with Gasteiger partial charge in [0.2, 0.25) is 0 Å². The van der Waals surface area contributed by atoms with Crippen LogP contribution in [0.15, 0.2) is 78.5 Å². The Morgan fingerprint density at radius 1 is 1.20 bits per heavy atom. The molecule has 1 atom stereocenters. The Morgan fingerprint density at radius 2 is 1.84 bits per heavy atom. The molecule has 1 nitrogen and oxygen atoms in total. The van der Waals surface area contributed by atoms with Crippen LogP contribution in [0.3, 0.4) is 0 Å². The van der Waals surface area contributed by atoms with Gasteiger partial charge < -0.3 is 4.74 Å². The van der Waals surface area contributed by atoms with Gasteiger partial charge in [-0.15, -0.1) is 0 Å². The Bertz CT molecular complexity index is 742. The minimum Gasteiger partial charge on any atom is -0.489 e. The first-order chi connectivity index (χ1) is 11.6. The van der Waals surface area contributed by atoms with Gasteiger partial charge in [0.15, 0.2) is 5.83 Å². The first-order valence-corrected chi connectivity index (χ1v) is 7.78. The fraction of sp³-hybridized carbons (Fsp3) is 0.238. The van der Waals surface area contributed by atoms with E-state index in [1.807, 2.05) is 0 Å². The molecular formula is C21H23F3O. The van der Waals surface area contributed by atoms with Crippen LogP contribution in [0.4, 0.5) is 13.2 Å². The highest BCUT2D eigenvalue weighted by Gasteiger charge is 2.16. The predicted octanol–water partition coefficient (Wildman–Crippen LogP) is 6.54. The minimum absolute atomic E-state index is 0.0317. The number of aryl methyl sites for hydroxylation is 1. The third-order valence-electron chi connectivity index (χ3n) is 3.62. The van der Waals surface area contributed by atoms with Gasteiger partial charge in [0.05, 0.1) is 0 Å². The van der Waals surface area contributed by atoms with Gasteiger partial charge in [0, 0.05) is 12.0 Å². The Labute approximate surface area is 147 Å². The van der Waals surface area contributed by atoms with Crippen LogP contribution < -0.4 is 4.74 Å². The fourth-order valence-electron chi connectivity index (χ4n) is 1.81. The highest BCUT2D eigenvalue weighted by molar-refractivity contribution is 5.34. The summed E-state index contributed by atoms with van der Waals surface area (Å²) in [4.78, 5) is 0. The molecule has 0 heterocycles. The van der Waals surface area contributed by atoms with E-state index in [2.05, 4.69) is 19.7 Å². The number of benzene rings is 1. The van der Waals surface area contributed by atoms with Crippen molar-refractivity contribution in [2.45, 2.75) is 20.8 Å². The quantitative estimate of drug-likeness (QED) is 0.484. The Hall–Kier alpha value is -2.49. The van der Waals surface area contributed by atoms with Crippen molar-refractivity contribution in [1.29, 1.82) is 0 Å². The maximum absolute atomic E-state index is 13.9. The van der Waals surface area contributed by atoms with E-state index < -0.39 is 17.6 Å².